The van der Waals surface area contributed by atoms with Gasteiger partial charge in [-0.15, -0.1) is 0 Å². The van der Waals surface area contributed by atoms with Gasteiger partial charge in [0.15, 0.2) is 0 Å². The van der Waals surface area contributed by atoms with Gasteiger partial charge in [0.05, 0.1) is 5.25 Å². The van der Waals surface area contributed by atoms with Gasteiger partial charge in [-0.25, -0.2) is 4.79 Å². The molecule has 1 saturated carbocycles. The minimum absolute atomic E-state index is 0.0636. The van der Waals surface area contributed by atoms with Crippen LogP contribution in [0.1, 0.15) is 36.8 Å². The van der Waals surface area contributed by atoms with E-state index in [1.807, 2.05) is 36.4 Å². The monoisotopic (exact) mass is 546 g/mol. The highest BCUT2D eigenvalue weighted by Crippen LogP contribution is 2.32. The Bertz CT molecular complexity index is 1520. The third-order valence-corrected chi connectivity index (χ3v) is 7.83. The number of amides is 2. The van der Waals surface area contributed by atoms with E-state index in [1.165, 1.54) is 12.1 Å². The fourth-order valence-corrected chi connectivity index (χ4v) is 5.56. The molecule has 3 aromatic carbocycles. The van der Waals surface area contributed by atoms with E-state index in [0.29, 0.717) is 30.4 Å². The molecule has 8 nitrogen and oxygen atoms in total. The summed E-state index contributed by atoms with van der Waals surface area (Å²) in [6.07, 6.45) is 2.69. The van der Waals surface area contributed by atoms with Crippen LogP contribution in [-0.4, -0.2) is 44.8 Å². The number of furan rings is 1. The highest BCUT2D eigenvalue weighted by atomic mass is 32.1. The van der Waals surface area contributed by atoms with Gasteiger partial charge < -0.3 is 25.3 Å². The van der Waals surface area contributed by atoms with Gasteiger partial charge in [-0.3, -0.25) is 9.59 Å². The Balaban J connectivity index is 1.29. The maximum absolute atomic E-state index is 13.5. The third kappa shape index (κ3) is 5.73. The summed E-state index contributed by atoms with van der Waals surface area (Å²) >= 11 is 4.45. The van der Waals surface area contributed by atoms with Crippen LogP contribution in [0.25, 0.3) is 21.9 Å². The number of carbonyl (C=O) groups excluding carboxylic acids is 2. The Morgan fingerprint density at radius 2 is 1.56 bits per heavy atom. The summed E-state index contributed by atoms with van der Waals surface area (Å²) in [5, 5.41) is 26.2. The van der Waals surface area contributed by atoms with Crippen molar-refractivity contribution in [2.45, 2.75) is 55.4 Å². The normalized spacial score (nSPS) is 16.1. The average Bonchev–Trinajstić information content (AvgIpc) is 3.54. The fraction of sp³-hybridized carbons (Fsp3) is 0.300. The maximum atomic E-state index is 13.5. The fourth-order valence-electron chi connectivity index (χ4n) is 5.28. The number of carbonyl (C=O) groups is 3. The van der Waals surface area contributed by atoms with E-state index < -0.39 is 34.6 Å². The van der Waals surface area contributed by atoms with Crippen molar-refractivity contribution in [2.24, 2.45) is 0 Å². The van der Waals surface area contributed by atoms with Crippen molar-refractivity contribution in [3.05, 3.63) is 77.9 Å². The van der Waals surface area contributed by atoms with Crippen molar-refractivity contribution >= 4 is 52.4 Å². The number of phenolic OH excluding ortho intramolecular Hbond substituents is 1. The average molecular weight is 547 g/mol. The zero-order chi connectivity index (χ0) is 27.6. The topological polar surface area (TPSA) is 129 Å². The molecule has 0 spiro atoms. The van der Waals surface area contributed by atoms with Crippen LogP contribution in [0.5, 0.6) is 5.75 Å². The van der Waals surface area contributed by atoms with E-state index in [0.717, 1.165) is 34.8 Å². The molecule has 0 saturated heterocycles. The molecular formula is C30H30N2O6S. The number of benzene rings is 3. The Labute approximate surface area is 230 Å². The number of fused-ring (bicyclic) bond motifs is 3. The lowest BCUT2D eigenvalue weighted by molar-refractivity contribution is -0.143. The Morgan fingerprint density at radius 3 is 2.28 bits per heavy atom. The summed E-state index contributed by atoms with van der Waals surface area (Å²) in [7, 11) is 0. The van der Waals surface area contributed by atoms with Crippen LogP contribution < -0.4 is 10.6 Å². The maximum Gasteiger partial charge on any atom is 0.326 e. The lowest BCUT2D eigenvalue weighted by atomic mass is 9.94. The zero-order valence-corrected chi connectivity index (χ0v) is 22.1. The first-order chi connectivity index (χ1) is 18.7. The van der Waals surface area contributed by atoms with Crippen molar-refractivity contribution in [3.63, 3.8) is 0 Å². The number of rotatable bonds is 9. The summed E-state index contributed by atoms with van der Waals surface area (Å²) in [6.45, 7) is 0. The van der Waals surface area contributed by atoms with Gasteiger partial charge in [-0.1, -0.05) is 55.3 Å². The van der Waals surface area contributed by atoms with E-state index in [-0.39, 0.29) is 12.2 Å². The zero-order valence-electron chi connectivity index (χ0n) is 21.2. The van der Waals surface area contributed by atoms with Crippen molar-refractivity contribution in [1.82, 2.24) is 10.6 Å². The number of hydrogen-bond donors (Lipinski definition) is 5. The molecule has 0 bridgehead atoms. The molecule has 1 fully saturated rings. The second-order valence-electron chi connectivity index (χ2n) is 10.2. The lowest BCUT2D eigenvalue weighted by Gasteiger charge is -2.31. The number of aliphatic carboxylic acids is 1. The standard InChI is InChI=1S/C30H30N2O6S/c33-20-10-7-18(8-11-20)17-26(39)27(34)32-30(13-3-4-14-30)29(37)31-23(28(35)36)15-19-9-12-22-21-5-1-2-6-24(21)38-25(22)16-19/h1-2,5-12,16,23,26,33,39H,3-4,13-15,17H2,(H,31,37)(H,32,34)(H,35,36)/t23-,26-/m0/s1. The summed E-state index contributed by atoms with van der Waals surface area (Å²) in [5.41, 5.74) is 1.74. The van der Waals surface area contributed by atoms with Crippen LogP contribution in [0.4, 0.5) is 0 Å². The minimum Gasteiger partial charge on any atom is -0.508 e. The number of phenols is 1. The van der Waals surface area contributed by atoms with Crippen LogP contribution in [0.15, 0.2) is 71.1 Å². The quantitative estimate of drug-likeness (QED) is 0.198. The molecule has 1 aliphatic rings. The highest BCUT2D eigenvalue weighted by Gasteiger charge is 2.44. The van der Waals surface area contributed by atoms with Gasteiger partial charge in [0, 0.05) is 17.2 Å². The SMILES string of the molecule is O=C(O)[C@H](Cc1ccc2c(c1)oc1ccccc12)NC(=O)C1(NC(=O)[C@@H](S)Cc2ccc(O)cc2)CCCC1. The molecule has 9 heteroatoms. The molecule has 1 heterocycles. The highest BCUT2D eigenvalue weighted by molar-refractivity contribution is 7.81. The van der Waals surface area contributed by atoms with E-state index in [1.54, 1.807) is 18.2 Å². The third-order valence-electron chi connectivity index (χ3n) is 7.41. The van der Waals surface area contributed by atoms with Crippen molar-refractivity contribution < 1.29 is 29.0 Å². The van der Waals surface area contributed by atoms with Gasteiger partial charge >= 0.3 is 5.97 Å². The summed E-state index contributed by atoms with van der Waals surface area (Å²) < 4.78 is 5.93. The van der Waals surface area contributed by atoms with Gasteiger partial charge in [-0.2, -0.15) is 12.6 Å². The Morgan fingerprint density at radius 1 is 0.897 bits per heavy atom. The smallest absolute Gasteiger partial charge is 0.326 e. The van der Waals surface area contributed by atoms with Crippen molar-refractivity contribution in [1.29, 1.82) is 0 Å². The van der Waals surface area contributed by atoms with Crippen LogP contribution in [0, 0.1) is 0 Å². The van der Waals surface area contributed by atoms with Crippen LogP contribution in [-0.2, 0) is 27.2 Å². The minimum atomic E-state index is -1.19. The first-order valence-corrected chi connectivity index (χ1v) is 13.5. The van der Waals surface area contributed by atoms with Crippen molar-refractivity contribution in [2.75, 3.05) is 0 Å². The van der Waals surface area contributed by atoms with Gasteiger partial charge in [0.1, 0.15) is 28.5 Å². The summed E-state index contributed by atoms with van der Waals surface area (Å²) in [6, 6.07) is 18.5. The van der Waals surface area contributed by atoms with E-state index in [4.69, 9.17) is 4.42 Å². The molecular weight excluding hydrogens is 516 g/mol. The largest absolute Gasteiger partial charge is 0.508 e. The molecule has 0 aliphatic heterocycles. The van der Waals surface area contributed by atoms with E-state index in [9.17, 15) is 24.6 Å². The number of nitrogens with one attached hydrogen (secondary N) is 2. The second-order valence-corrected chi connectivity index (χ2v) is 10.8. The predicted octanol–water partition coefficient (Wildman–Crippen LogP) is 4.37. The number of hydrogen-bond acceptors (Lipinski definition) is 6. The molecule has 39 heavy (non-hydrogen) atoms. The molecule has 2 atom stereocenters. The lowest BCUT2D eigenvalue weighted by Crippen LogP contribution is -2.61. The van der Waals surface area contributed by atoms with Gasteiger partial charge in [0.2, 0.25) is 11.8 Å². The summed E-state index contributed by atoms with van der Waals surface area (Å²) in [4.78, 5) is 38.7. The molecule has 202 valence electrons. The molecule has 4 N–H and O–H groups in total. The molecule has 5 rings (SSSR count). The van der Waals surface area contributed by atoms with Crippen molar-refractivity contribution in [3.8, 4) is 5.75 Å². The van der Waals surface area contributed by atoms with E-state index >= 15 is 0 Å². The van der Waals surface area contributed by atoms with Crippen LogP contribution in [0.2, 0.25) is 0 Å². The summed E-state index contributed by atoms with van der Waals surface area (Å²) in [5.74, 6) is -1.93. The van der Waals surface area contributed by atoms with Gasteiger partial charge in [0.25, 0.3) is 0 Å². The molecule has 1 aromatic heterocycles. The number of carboxylic acids is 1. The molecule has 4 aromatic rings. The molecule has 0 unspecified atom stereocenters. The molecule has 1 aliphatic carbocycles. The predicted molar refractivity (Wildman–Crippen MR) is 151 cm³/mol. The van der Waals surface area contributed by atoms with Crippen LogP contribution >= 0.6 is 12.6 Å². The number of carboxylic acid groups (broad SMARTS) is 1. The first-order valence-electron chi connectivity index (χ1n) is 13.0. The first kappa shape index (κ1) is 26.6. The Kier molecular flexibility index (Phi) is 7.52. The number of aromatic hydroxyl groups is 1. The second kappa shape index (κ2) is 11.0. The molecule has 2 amide bonds. The van der Waals surface area contributed by atoms with E-state index in [2.05, 4.69) is 23.3 Å². The number of thiol groups is 1. The number of para-hydroxylation sites is 1. The Hall–Kier alpha value is -3.98. The van der Waals surface area contributed by atoms with Crippen LogP contribution in [0.3, 0.4) is 0 Å². The molecule has 0 radical (unpaired) electrons. The van der Waals surface area contributed by atoms with Gasteiger partial charge in [-0.05, 0) is 54.7 Å².